The second-order valence-electron chi connectivity index (χ2n) is 5.82. The maximum Gasteiger partial charge on any atom is 0.315 e. The third-order valence-electron chi connectivity index (χ3n) is 4.33. The predicted molar refractivity (Wildman–Crippen MR) is 92.3 cm³/mol. The van der Waals surface area contributed by atoms with E-state index >= 15 is 0 Å². The van der Waals surface area contributed by atoms with Gasteiger partial charge in [-0.3, -0.25) is 0 Å². The van der Waals surface area contributed by atoms with Gasteiger partial charge in [-0.2, -0.15) is 11.8 Å². The number of aliphatic hydroxyl groups is 1. The highest BCUT2D eigenvalue weighted by Gasteiger charge is 2.25. The lowest BCUT2D eigenvalue weighted by Crippen LogP contribution is -2.43. The van der Waals surface area contributed by atoms with Gasteiger partial charge in [-0.15, -0.1) is 0 Å². The molecule has 1 fully saturated rings. The Hall–Kier alpha value is -1.20. The molecule has 0 aromatic heterocycles. The molecule has 122 valence electrons. The Morgan fingerprint density at radius 2 is 2.09 bits per heavy atom. The Kier molecular flexibility index (Phi) is 6.58. The van der Waals surface area contributed by atoms with Gasteiger partial charge >= 0.3 is 6.03 Å². The van der Waals surface area contributed by atoms with Gasteiger partial charge in [0, 0.05) is 11.3 Å². The Bertz CT molecular complexity index is 478. The fraction of sp³-hybridized carbons (Fsp3) is 0.588. The van der Waals surface area contributed by atoms with E-state index in [1.165, 1.54) is 5.56 Å². The zero-order valence-corrected chi connectivity index (χ0v) is 14.2. The summed E-state index contributed by atoms with van der Waals surface area (Å²) in [6.45, 7) is 2.00. The minimum absolute atomic E-state index is 0.100. The lowest BCUT2D eigenvalue weighted by atomic mass is 10.0. The number of urea groups is 1. The SMILES string of the molecule is CCc1ccc(C(CO)NC(=O)NC2CCC(SC)C2)cc1. The van der Waals surface area contributed by atoms with Gasteiger partial charge in [0.05, 0.1) is 12.6 Å². The number of amides is 2. The minimum Gasteiger partial charge on any atom is -0.394 e. The maximum atomic E-state index is 12.1. The summed E-state index contributed by atoms with van der Waals surface area (Å²) in [5.74, 6) is 0. The van der Waals surface area contributed by atoms with Crippen LogP contribution >= 0.6 is 11.8 Å². The number of aliphatic hydroxyl groups excluding tert-OH is 1. The van der Waals surface area contributed by atoms with E-state index in [2.05, 4.69) is 23.8 Å². The molecule has 1 aliphatic rings. The van der Waals surface area contributed by atoms with Crippen molar-refractivity contribution >= 4 is 17.8 Å². The number of hydrogen-bond donors (Lipinski definition) is 3. The fourth-order valence-corrected chi connectivity index (χ4v) is 3.69. The summed E-state index contributed by atoms with van der Waals surface area (Å²) >= 11 is 1.87. The van der Waals surface area contributed by atoms with E-state index in [4.69, 9.17) is 0 Å². The molecule has 1 aliphatic carbocycles. The molecule has 0 radical (unpaired) electrons. The van der Waals surface area contributed by atoms with E-state index in [9.17, 15) is 9.90 Å². The minimum atomic E-state index is -0.358. The number of nitrogens with one attached hydrogen (secondary N) is 2. The number of thioether (sulfide) groups is 1. The van der Waals surface area contributed by atoms with Crippen LogP contribution in [-0.4, -0.2) is 35.3 Å². The summed E-state index contributed by atoms with van der Waals surface area (Å²) in [4.78, 5) is 12.1. The molecule has 3 atom stereocenters. The number of carbonyl (C=O) groups excluding carboxylic acids is 1. The maximum absolute atomic E-state index is 12.1. The fourth-order valence-electron chi connectivity index (χ4n) is 2.89. The van der Waals surface area contributed by atoms with Crippen molar-refractivity contribution < 1.29 is 9.90 Å². The van der Waals surface area contributed by atoms with Crippen LogP contribution in [0.5, 0.6) is 0 Å². The predicted octanol–water partition coefficient (Wildman–Crippen LogP) is 2.87. The highest BCUT2D eigenvalue weighted by molar-refractivity contribution is 7.99. The summed E-state index contributed by atoms with van der Waals surface area (Å²) in [6.07, 6.45) is 6.33. The molecule has 4 nitrogen and oxygen atoms in total. The topological polar surface area (TPSA) is 61.4 Å². The highest BCUT2D eigenvalue weighted by atomic mass is 32.2. The van der Waals surface area contributed by atoms with Crippen LogP contribution in [0.3, 0.4) is 0 Å². The first kappa shape index (κ1) is 17.2. The van der Waals surface area contributed by atoms with Crippen LogP contribution in [0.1, 0.15) is 43.4 Å². The van der Waals surface area contributed by atoms with Crippen LogP contribution in [0.25, 0.3) is 0 Å². The number of benzene rings is 1. The molecule has 22 heavy (non-hydrogen) atoms. The van der Waals surface area contributed by atoms with Gasteiger partial charge in [0.1, 0.15) is 0 Å². The molecule has 5 heteroatoms. The zero-order valence-electron chi connectivity index (χ0n) is 13.3. The van der Waals surface area contributed by atoms with Crippen LogP contribution in [0.4, 0.5) is 4.79 Å². The third kappa shape index (κ3) is 4.65. The van der Waals surface area contributed by atoms with Crippen LogP contribution in [0.2, 0.25) is 0 Å². The number of aryl methyl sites for hydroxylation is 1. The Morgan fingerprint density at radius 1 is 1.36 bits per heavy atom. The number of hydrogen-bond acceptors (Lipinski definition) is 3. The standard InChI is InChI=1S/C17H26N2O2S/c1-3-12-4-6-13(7-5-12)16(11-20)19-17(21)18-14-8-9-15(10-14)22-2/h4-7,14-16,20H,3,8-11H2,1-2H3,(H2,18,19,21). The summed E-state index contributed by atoms with van der Waals surface area (Å²) in [5.41, 5.74) is 2.18. The first-order chi connectivity index (χ1) is 10.7. The molecular formula is C17H26N2O2S. The van der Waals surface area contributed by atoms with Crippen LogP contribution in [0, 0.1) is 0 Å². The van der Waals surface area contributed by atoms with Gasteiger partial charge in [-0.1, -0.05) is 31.2 Å². The molecule has 2 rings (SSSR count). The molecule has 2 amide bonds. The van der Waals surface area contributed by atoms with Crippen molar-refractivity contribution in [1.29, 1.82) is 0 Å². The number of rotatable bonds is 6. The molecule has 0 aliphatic heterocycles. The van der Waals surface area contributed by atoms with Gasteiger partial charge in [-0.25, -0.2) is 4.79 Å². The lowest BCUT2D eigenvalue weighted by Gasteiger charge is -2.20. The van der Waals surface area contributed by atoms with Crippen molar-refractivity contribution in [2.45, 2.75) is 49.9 Å². The number of carbonyl (C=O) groups is 1. The first-order valence-electron chi connectivity index (χ1n) is 7.95. The normalized spacial score (nSPS) is 22.3. The molecule has 0 heterocycles. The van der Waals surface area contributed by atoms with E-state index in [1.807, 2.05) is 36.0 Å². The Balaban J connectivity index is 1.87. The highest BCUT2D eigenvalue weighted by Crippen LogP contribution is 2.28. The van der Waals surface area contributed by atoms with Gasteiger partial charge in [0.25, 0.3) is 0 Å². The molecule has 0 saturated heterocycles. The molecule has 0 spiro atoms. The molecule has 3 N–H and O–H groups in total. The molecule has 1 aromatic rings. The second-order valence-corrected chi connectivity index (χ2v) is 6.95. The smallest absolute Gasteiger partial charge is 0.315 e. The summed E-state index contributed by atoms with van der Waals surface area (Å²) in [5, 5.41) is 16.1. The van der Waals surface area contributed by atoms with Crippen molar-refractivity contribution in [3.63, 3.8) is 0 Å². The van der Waals surface area contributed by atoms with E-state index in [-0.39, 0.29) is 24.7 Å². The van der Waals surface area contributed by atoms with E-state index in [0.29, 0.717) is 5.25 Å². The average Bonchev–Trinajstić information content (AvgIpc) is 3.00. The second kappa shape index (κ2) is 8.44. The summed E-state index contributed by atoms with van der Waals surface area (Å²) < 4.78 is 0. The molecule has 1 saturated carbocycles. The van der Waals surface area contributed by atoms with Crippen LogP contribution < -0.4 is 10.6 Å². The van der Waals surface area contributed by atoms with Crippen molar-refractivity contribution in [3.05, 3.63) is 35.4 Å². The van der Waals surface area contributed by atoms with Crippen LogP contribution in [0.15, 0.2) is 24.3 Å². The van der Waals surface area contributed by atoms with Gasteiger partial charge in [0.2, 0.25) is 0 Å². The van der Waals surface area contributed by atoms with E-state index in [1.54, 1.807) is 0 Å². The molecule has 1 aromatic carbocycles. The van der Waals surface area contributed by atoms with Gasteiger partial charge in [0.15, 0.2) is 0 Å². The van der Waals surface area contributed by atoms with Crippen LogP contribution in [-0.2, 0) is 6.42 Å². The molecular weight excluding hydrogens is 296 g/mol. The van der Waals surface area contributed by atoms with Gasteiger partial charge < -0.3 is 15.7 Å². The Morgan fingerprint density at radius 3 is 2.64 bits per heavy atom. The van der Waals surface area contributed by atoms with Crippen molar-refractivity contribution in [3.8, 4) is 0 Å². The van der Waals surface area contributed by atoms with E-state index in [0.717, 1.165) is 31.2 Å². The Labute approximate surface area is 137 Å². The summed E-state index contributed by atoms with van der Waals surface area (Å²) in [7, 11) is 0. The van der Waals surface area contributed by atoms with Crippen molar-refractivity contribution in [2.75, 3.05) is 12.9 Å². The quantitative estimate of drug-likeness (QED) is 0.755. The van der Waals surface area contributed by atoms with Gasteiger partial charge in [-0.05, 0) is 43.1 Å². The average molecular weight is 322 g/mol. The third-order valence-corrected chi connectivity index (χ3v) is 5.43. The van der Waals surface area contributed by atoms with Crippen molar-refractivity contribution in [1.82, 2.24) is 10.6 Å². The largest absolute Gasteiger partial charge is 0.394 e. The first-order valence-corrected chi connectivity index (χ1v) is 9.24. The molecule has 0 bridgehead atoms. The molecule has 3 unspecified atom stereocenters. The van der Waals surface area contributed by atoms with E-state index < -0.39 is 0 Å². The zero-order chi connectivity index (χ0) is 15.9. The summed E-state index contributed by atoms with van der Waals surface area (Å²) in [6, 6.07) is 7.72. The lowest BCUT2D eigenvalue weighted by molar-refractivity contribution is 0.214. The monoisotopic (exact) mass is 322 g/mol. The van der Waals surface area contributed by atoms with Crippen molar-refractivity contribution in [2.24, 2.45) is 0 Å².